The molecule has 1 heterocycles. The molecule has 0 bridgehead atoms. The Hall–Kier alpha value is -2.08. The van der Waals surface area contributed by atoms with Crippen molar-refractivity contribution in [2.75, 3.05) is 11.9 Å². The number of rotatable bonds is 6. The van der Waals surface area contributed by atoms with Gasteiger partial charge in [-0.05, 0) is 36.4 Å². The molecule has 0 spiro atoms. The third-order valence-electron chi connectivity index (χ3n) is 2.45. The van der Waals surface area contributed by atoms with Crippen molar-refractivity contribution in [1.82, 2.24) is 0 Å². The predicted molar refractivity (Wildman–Crippen MR) is 65.2 cm³/mol. The monoisotopic (exact) mass is 269 g/mol. The maximum absolute atomic E-state index is 12.0. The number of halogens is 2. The molecule has 1 atom stereocenters. The van der Waals surface area contributed by atoms with Gasteiger partial charge in [0.1, 0.15) is 17.6 Å². The maximum atomic E-state index is 12.0. The number of hydrogen-bond donors (Lipinski definition) is 2. The Balaban J connectivity index is 1.86. The molecule has 19 heavy (non-hydrogen) atoms. The van der Waals surface area contributed by atoms with Crippen molar-refractivity contribution in [2.45, 2.75) is 12.7 Å². The van der Waals surface area contributed by atoms with Crippen LogP contribution in [0.4, 0.5) is 14.5 Å². The second-order valence-electron chi connectivity index (χ2n) is 3.81. The van der Waals surface area contributed by atoms with E-state index >= 15 is 0 Å². The summed E-state index contributed by atoms with van der Waals surface area (Å²) in [6.45, 7) is -2.58. The number of hydrogen-bond acceptors (Lipinski definition) is 4. The molecule has 4 nitrogen and oxygen atoms in total. The molecule has 1 unspecified atom stereocenters. The van der Waals surface area contributed by atoms with Crippen LogP contribution in [0.2, 0.25) is 0 Å². The van der Waals surface area contributed by atoms with Crippen molar-refractivity contribution in [3.05, 3.63) is 48.4 Å². The first kappa shape index (κ1) is 13.4. The highest BCUT2D eigenvalue weighted by Gasteiger charge is 2.10. The standard InChI is InChI=1S/C13H13F2NO3/c14-13(15)19-10-5-3-9(4-6-10)16-8-11(17)12-2-1-7-18-12/h1-7,11,13,16-17H,8H2. The Morgan fingerprint density at radius 1 is 1.21 bits per heavy atom. The number of furan rings is 1. The summed E-state index contributed by atoms with van der Waals surface area (Å²) in [5.41, 5.74) is 0.687. The van der Waals surface area contributed by atoms with Crippen LogP contribution in [-0.2, 0) is 0 Å². The Morgan fingerprint density at radius 3 is 2.53 bits per heavy atom. The molecule has 102 valence electrons. The van der Waals surface area contributed by atoms with E-state index in [1.165, 1.54) is 18.4 Å². The molecule has 0 amide bonds. The molecule has 0 saturated heterocycles. The van der Waals surface area contributed by atoms with E-state index in [0.29, 0.717) is 11.4 Å². The van der Waals surface area contributed by atoms with Gasteiger partial charge in [-0.15, -0.1) is 0 Å². The van der Waals surface area contributed by atoms with Gasteiger partial charge in [0, 0.05) is 12.2 Å². The normalized spacial score (nSPS) is 12.4. The van der Waals surface area contributed by atoms with Crippen molar-refractivity contribution in [3.8, 4) is 5.75 Å². The molecule has 0 aliphatic heterocycles. The van der Waals surface area contributed by atoms with E-state index in [1.54, 1.807) is 24.3 Å². The van der Waals surface area contributed by atoms with Gasteiger partial charge in [0.25, 0.3) is 0 Å². The third-order valence-corrected chi connectivity index (χ3v) is 2.45. The van der Waals surface area contributed by atoms with Crippen LogP contribution in [-0.4, -0.2) is 18.3 Å². The maximum Gasteiger partial charge on any atom is 0.387 e. The fourth-order valence-corrected chi connectivity index (χ4v) is 1.55. The van der Waals surface area contributed by atoms with Gasteiger partial charge < -0.3 is 19.6 Å². The van der Waals surface area contributed by atoms with Crippen LogP contribution in [0.1, 0.15) is 11.9 Å². The average molecular weight is 269 g/mol. The number of aliphatic hydroxyl groups is 1. The zero-order chi connectivity index (χ0) is 13.7. The topological polar surface area (TPSA) is 54.6 Å². The minimum Gasteiger partial charge on any atom is -0.467 e. The Labute approximate surface area is 108 Å². The highest BCUT2D eigenvalue weighted by molar-refractivity contribution is 5.46. The zero-order valence-electron chi connectivity index (χ0n) is 9.92. The second-order valence-corrected chi connectivity index (χ2v) is 3.81. The zero-order valence-corrected chi connectivity index (χ0v) is 9.92. The molecule has 0 aliphatic carbocycles. The highest BCUT2D eigenvalue weighted by Crippen LogP contribution is 2.19. The SMILES string of the molecule is OC(CNc1ccc(OC(F)F)cc1)c1ccco1. The summed E-state index contributed by atoms with van der Waals surface area (Å²) in [7, 11) is 0. The summed E-state index contributed by atoms with van der Waals surface area (Å²) in [4.78, 5) is 0. The lowest BCUT2D eigenvalue weighted by atomic mass is 10.2. The first-order chi connectivity index (χ1) is 9.15. The second kappa shape index (κ2) is 6.19. The molecule has 0 fully saturated rings. The summed E-state index contributed by atoms with van der Waals surface area (Å²) >= 11 is 0. The van der Waals surface area contributed by atoms with Gasteiger partial charge in [0.2, 0.25) is 0 Å². The number of ether oxygens (including phenoxy) is 1. The van der Waals surface area contributed by atoms with Crippen molar-refractivity contribution in [3.63, 3.8) is 0 Å². The van der Waals surface area contributed by atoms with E-state index < -0.39 is 12.7 Å². The molecule has 0 saturated carbocycles. The lowest BCUT2D eigenvalue weighted by Gasteiger charge is -2.11. The summed E-state index contributed by atoms with van der Waals surface area (Å²) in [6, 6.07) is 9.39. The lowest BCUT2D eigenvalue weighted by Crippen LogP contribution is -2.11. The molecule has 0 radical (unpaired) electrons. The predicted octanol–water partition coefficient (Wildman–Crippen LogP) is 3.03. The van der Waals surface area contributed by atoms with Gasteiger partial charge in [-0.25, -0.2) is 0 Å². The number of alkyl halides is 2. The van der Waals surface area contributed by atoms with Crippen LogP contribution in [0.3, 0.4) is 0 Å². The van der Waals surface area contributed by atoms with Gasteiger partial charge in [0.05, 0.1) is 6.26 Å². The molecule has 2 aromatic rings. The van der Waals surface area contributed by atoms with Gasteiger partial charge >= 0.3 is 6.61 Å². The Bertz CT molecular complexity index is 485. The Kier molecular flexibility index (Phi) is 4.35. The summed E-state index contributed by atoms with van der Waals surface area (Å²) in [5, 5.41) is 12.7. The average Bonchev–Trinajstić information content (AvgIpc) is 2.91. The number of benzene rings is 1. The fourth-order valence-electron chi connectivity index (χ4n) is 1.55. The van der Waals surface area contributed by atoms with E-state index in [9.17, 15) is 13.9 Å². The third kappa shape index (κ3) is 3.96. The van der Waals surface area contributed by atoms with E-state index in [4.69, 9.17) is 4.42 Å². The largest absolute Gasteiger partial charge is 0.467 e. The smallest absolute Gasteiger partial charge is 0.387 e. The molecular formula is C13H13F2NO3. The minimum absolute atomic E-state index is 0.0899. The van der Waals surface area contributed by atoms with Crippen LogP contribution in [0.15, 0.2) is 47.1 Å². The summed E-state index contributed by atoms with van der Waals surface area (Å²) in [6.07, 6.45) is 0.710. The van der Waals surface area contributed by atoms with Crippen molar-refractivity contribution >= 4 is 5.69 Å². The summed E-state index contributed by atoms with van der Waals surface area (Å²) < 4.78 is 33.2. The van der Waals surface area contributed by atoms with Gasteiger partial charge in [-0.1, -0.05) is 0 Å². The lowest BCUT2D eigenvalue weighted by molar-refractivity contribution is -0.0498. The van der Waals surface area contributed by atoms with Gasteiger partial charge in [-0.2, -0.15) is 8.78 Å². The van der Waals surface area contributed by atoms with E-state index in [0.717, 1.165) is 0 Å². The van der Waals surface area contributed by atoms with Crippen molar-refractivity contribution in [2.24, 2.45) is 0 Å². The highest BCUT2D eigenvalue weighted by atomic mass is 19.3. The molecule has 1 aromatic carbocycles. The summed E-state index contributed by atoms with van der Waals surface area (Å²) in [5.74, 6) is 0.553. The van der Waals surface area contributed by atoms with Gasteiger partial charge in [0.15, 0.2) is 0 Å². The van der Waals surface area contributed by atoms with Crippen LogP contribution in [0, 0.1) is 0 Å². The van der Waals surface area contributed by atoms with Crippen molar-refractivity contribution < 1.29 is 23.0 Å². The molecule has 6 heteroatoms. The van der Waals surface area contributed by atoms with Crippen molar-refractivity contribution in [1.29, 1.82) is 0 Å². The minimum atomic E-state index is -2.83. The fraction of sp³-hybridized carbons (Fsp3) is 0.231. The number of nitrogens with one attached hydrogen (secondary N) is 1. The number of anilines is 1. The van der Waals surface area contributed by atoms with E-state index in [2.05, 4.69) is 10.1 Å². The molecule has 2 N–H and O–H groups in total. The van der Waals surface area contributed by atoms with E-state index in [-0.39, 0.29) is 12.3 Å². The first-order valence-electron chi connectivity index (χ1n) is 5.65. The quantitative estimate of drug-likeness (QED) is 0.846. The van der Waals surface area contributed by atoms with Crippen LogP contribution in [0.5, 0.6) is 5.75 Å². The molecule has 1 aromatic heterocycles. The molecular weight excluding hydrogens is 256 g/mol. The molecule has 2 rings (SSSR count). The number of aliphatic hydroxyl groups excluding tert-OH is 1. The van der Waals surface area contributed by atoms with Crippen LogP contribution < -0.4 is 10.1 Å². The van der Waals surface area contributed by atoms with Crippen LogP contribution in [0.25, 0.3) is 0 Å². The van der Waals surface area contributed by atoms with E-state index in [1.807, 2.05) is 0 Å². The van der Waals surface area contributed by atoms with Crippen LogP contribution >= 0.6 is 0 Å². The molecule has 0 aliphatic rings. The first-order valence-corrected chi connectivity index (χ1v) is 5.65. The van der Waals surface area contributed by atoms with Gasteiger partial charge in [-0.3, -0.25) is 0 Å². The Morgan fingerprint density at radius 2 is 1.95 bits per heavy atom.